The van der Waals surface area contributed by atoms with E-state index >= 15 is 0 Å². The molecule has 2 aliphatic rings. The van der Waals surface area contributed by atoms with Gasteiger partial charge in [0.2, 0.25) is 0 Å². The monoisotopic (exact) mass is 333 g/mol. The Hall–Kier alpha value is -1.17. The molecule has 0 unspecified atom stereocenters. The van der Waals surface area contributed by atoms with E-state index in [1.54, 1.807) is 0 Å². The van der Waals surface area contributed by atoms with Gasteiger partial charge in [0, 0.05) is 28.6 Å². The van der Waals surface area contributed by atoms with Gasteiger partial charge in [-0.1, -0.05) is 12.1 Å². The van der Waals surface area contributed by atoms with Crippen LogP contribution >= 0.6 is 0 Å². The van der Waals surface area contributed by atoms with E-state index in [0.717, 1.165) is 41.8 Å². The lowest BCUT2D eigenvalue weighted by Gasteiger charge is -2.43. The van der Waals surface area contributed by atoms with Crippen LogP contribution in [-0.2, 0) is 14.6 Å². The normalized spacial score (nSPS) is 29.3. The summed E-state index contributed by atoms with van der Waals surface area (Å²) >= 11 is 0. The Morgan fingerprint density at radius 1 is 1.22 bits per heavy atom. The molecule has 23 heavy (non-hydrogen) atoms. The summed E-state index contributed by atoms with van der Waals surface area (Å²) in [5.74, 6) is 1.34. The first-order valence-electron chi connectivity index (χ1n) is 8.64. The van der Waals surface area contributed by atoms with Crippen molar-refractivity contribution in [2.75, 3.05) is 26.9 Å². The highest BCUT2D eigenvalue weighted by molar-refractivity contribution is 6.15. The number of ether oxygens (including phenoxy) is 2. The molecule has 0 radical (unpaired) electrons. The topological polar surface area (TPSA) is 47.6 Å². The van der Waals surface area contributed by atoms with E-state index in [4.69, 9.17) is 9.47 Å². The van der Waals surface area contributed by atoms with Gasteiger partial charge in [0.05, 0.1) is 12.7 Å². The van der Waals surface area contributed by atoms with Crippen molar-refractivity contribution in [3.8, 4) is 0 Å². The maximum absolute atomic E-state index is 11.6. The molecule has 2 heterocycles. The quantitative estimate of drug-likeness (QED) is 0.671. The molecule has 4 nitrogen and oxygen atoms in total. The van der Waals surface area contributed by atoms with E-state index in [-0.39, 0.29) is 11.1 Å². The molecule has 1 aromatic rings. The molecular weight excluding hydrogens is 306 g/mol. The highest BCUT2D eigenvalue weighted by Gasteiger charge is 2.36. The number of benzene rings is 1. The number of esters is 1. The Kier molecular flexibility index (Phi) is 5.19. The molecule has 2 fully saturated rings. The zero-order valence-electron chi connectivity index (χ0n) is 14.1. The molecule has 0 saturated carbocycles. The molecule has 3 rings (SSSR count). The maximum atomic E-state index is 11.6. The van der Waals surface area contributed by atoms with Crippen LogP contribution in [0.5, 0.6) is 0 Å². The molecule has 2 saturated heterocycles. The molecule has 0 spiro atoms. The van der Waals surface area contributed by atoms with Crippen LogP contribution in [0.15, 0.2) is 24.3 Å². The van der Waals surface area contributed by atoms with E-state index in [0.29, 0.717) is 5.56 Å². The van der Waals surface area contributed by atoms with Crippen LogP contribution in [-0.4, -0.2) is 43.1 Å². The number of hydrogen-bond donors (Lipinski definition) is 1. The fourth-order valence-corrected chi connectivity index (χ4v) is 5.24. The molecule has 5 heteroatoms. The second-order valence-corrected chi connectivity index (χ2v) is 8.74. The van der Waals surface area contributed by atoms with Crippen LogP contribution in [0.4, 0.5) is 0 Å². The fourth-order valence-electron chi connectivity index (χ4n) is 4.13. The molecule has 0 amide bonds. The molecular formula is C18H27NO3Si. The number of methoxy groups -OCH3 is 1. The van der Waals surface area contributed by atoms with Crippen molar-refractivity contribution in [2.45, 2.75) is 30.8 Å². The molecule has 126 valence electrons. The molecule has 0 aliphatic carbocycles. The molecule has 2 atom stereocenters. The van der Waals surface area contributed by atoms with E-state index < -0.39 is 0 Å². The van der Waals surface area contributed by atoms with E-state index in [1.807, 2.05) is 12.1 Å². The van der Waals surface area contributed by atoms with Gasteiger partial charge in [-0.3, -0.25) is 0 Å². The van der Waals surface area contributed by atoms with Gasteiger partial charge in [-0.05, 0) is 61.8 Å². The van der Waals surface area contributed by atoms with Crippen molar-refractivity contribution in [3.63, 3.8) is 0 Å². The summed E-state index contributed by atoms with van der Waals surface area (Å²) in [5, 5.41) is 3.88. The Bertz CT molecular complexity index is 542. The largest absolute Gasteiger partial charge is 0.465 e. The smallest absolute Gasteiger partial charge is 0.337 e. The van der Waals surface area contributed by atoms with Crippen molar-refractivity contribution in [3.05, 3.63) is 35.4 Å². The van der Waals surface area contributed by atoms with Gasteiger partial charge in [0.25, 0.3) is 0 Å². The van der Waals surface area contributed by atoms with Gasteiger partial charge in [0.15, 0.2) is 0 Å². The van der Waals surface area contributed by atoms with Crippen LogP contribution in [0.25, 0.3) is 0 Å². The SMILES string of the molecule is COC(=O)c1ccc([C@@]2([SiH3])C[C@H](C3CCOCC3)CCN2)cc1. The lowest BCUT2D eigenvalue weighted by molar-refractivity contribution is 0.0343. The Morgan fingerprint density at radius 2 is 1.91 bits per heavy atom. The number of carbonyl (C=O) groups excluding carboxylic acids is 1. The molecule has 1 aromatic carbocycles. The lowest BCUT2D eigenvalue weighted by atomic mass is 9.76. The standard InChI is InChI=1S/C18H27NO3Si/c1-21-17(20)14-2-4-16(5-3-14)18(23)12-15(6-9-19-18)13-7-10-22-11-8-13/h2-5,13,15,19H,6-12H2,1,23H3/t15-,18+/m1/s1. The number of piperidine rings is 1. The van der Waals surface area contributed by atoms with E-state index in [1.165, 1.54) is 38.4 Å². The summed E-state index contributed by atoms with van der Waals surface area (Å²) in [7, 11) is 2.49. The van der Waals surface area contributed by atoms with Crippen LogP contribution in [0.3, 0.4) is 0 Å². The summed E-state index contributed by atoms with van der Waals surface area (Å²) in [5.41, 5.74) is 1.94. The summed E-state index contributed by atoms with van der Waals surface area (Å²) in [6, 6.07) is 7.97. The first-order valence-corrected chi connectivity index (χ1v) is 9.64. The third-order valence-corrected chi connectivity index (χ3v) is 6.92. The van der Waals surface area contributed by atoms with Crippen molar-refractivity contribution in [1.29, 1.82) is 0 Å². The minimum atomic E-state index is -0.268. The Balaban J connectivity index is 1.73. The number of nitrogens with one attached hydrogen (secondary N) is 1. The third-order valence-electron chi connectivity index (χ3n) is 5.58. The highest BCUT2D eigenvalue weighted by atomic mass is 28.1. The summed E-state index contributed by atoms with van der Waals surface area (Å²) in [6.07, 6.45) is 4.91. The van der Waals surface area contributed by atoms with Crippen LogP contribution < -0.4 is 5.32 Å². The Labute approximate surface area is 141 Å². The highest BCUT2D eigenvalue weighted by Crippen LogP contribution is 2.38. The van der Waals surface area contributed by atoms with Crippen LogP contribution in [0.2, 0.25) is 0 Å². The summed E-state index contributed by atoms with van der Waals surface area (Å²) < 4.78 is 10.3. The van der Waals surface area contributed by atoms with Gasteiger partial charge >= 0.3 is 5.97 Å². The molecule has 0 bridgehead atoms. The first kappa shape index (κ1) is 16.7. The van der Waals surface area contributed by atoms with Crippen LogP contribution in [0.1, 0.15) is 41.6 Å². The number of rotatable bonds is 3. The van der Waals surface area contributed by atoms with Crippen molar-refractivity contribution < 1.29 is 14.3 Å². The number of carbonyl (C=O) groups is 1. The van der Waals surface area contributed by atoms with Crippen molar-refractivity contribution >= 4 is 16.2 Å². The fraction of sp³-hybridized carbons (Fsp3) is 0.611. The predicted octanol–water partition coefficient (Wildman–Crippen LogP) is 1.42. The van der Waals surface area contributed by atoms with Crippen LogP contribution in [0, 0.1) is 11.8 Å². The minimum absolute atomic E-state index is 0.121. The zero-order chi connectivity index (χ0) is 16.3. The van der Waals surface area contributed by atoms with Crippen molar-refractivity contribution in [1.82, 2.24) is 5.32 Å². The molecule has 2 aliphatic heterocycles. The van der Waals surface area contributed by atoms with E-state index in [9.17, 15) is 4.79 Å². The average molecular weight is 334 g/mol. The third kappa shape index (κ3) is 3.67. The van der Waals surface area contributed by atoms with Gasteiger partial charge in [0.1, 0.15) is 0 Å². The lowest BCUT2D eigenvalue weighted by Crippen LogP contribution is -2.50. The van der Waals surface area contributed by atoms with Gasteiger partial charge < -0.3 is 14.8 Å². The van der Waals surface area contributed by atoms with Gasteiger partial charge in [-0.25, -0.2) is 4.79 Å². The van der Waals surface area contributed by atoms with Gasteiger partial charge in [-0.15, -0.1) is 0 Å². The van der Waals surface area contributed by atoms with Crippen molar-refractivity contribution in [2.24, 2.45) is 11.8 Å². The average Bonchev–Trinajstić information content (AvgIpc) is 2.62. The molecule has 1 N–H and O–H groups in total. The summed E-state index contributed by atoms with van der Waals surface area (Å²) in [4.78, 5) is 11.6. The first-order chi connectivity index (χ1) is 11.1. The maximum Gasteiger partial charge on any atom is 0.337 e. The zero-order valence-corrected chi connectivity index (χ0v) is 16.1. The van der Waals surface area contributed by atoms with E-state index in [2.05, 4.69) is 17.4 Å². The predicted molar refractivity (Wildman–Crippen MR) is 93.7 cm³/mol. The van der Waals surface area contributed by atoms with Gasteiger partial charge in [-0.2, -0.15) is 0 Å². The minimum Gasteiger partial charge on any atom is -0.465 e. The number of hydrogen-bond acceptors (Lipinski definition) is 4. The molecule has 0 aromatic heterocycles. The second-order valence-electron chi connectivity index (χ2n) is 7.03. The second kappa shape index (κ2) is 7.15. The summed E-state index contributed by atoms with van der Waals surface area (Å²) in [6.45, 7) is 2.94. The Morgan fingerprint density at radius 3 is 2.57 bits per heavy atom.